The number of nitrogens with one attached hydrogen (secondary N) is 2. The fourth-order valence-electron chi connectivity index (χ4n) is 2.87. The average molecular weight is 451 g/mol. The first-order valence-corrected chi connectivity index (χ1v) is 9.04. The molecule has 0 bridgehead atoms. The van der Waals surface area contributed by atoms with E-state index in [1.165, 1.54) is 0 Å². The van der Waals surface area contributed by atoms with E-state index in [0.717, 1.165) is 32.1 Å². The van der Waals surface area contributed by atoms with Crippen molar-refractivity contribution in [2.75, 3.05) is 6.54 Å². The molecule has 24 heavy (non-hydrogen) atoms. The van der Waals surface area contributed by atoms with Crippen LogP contribution in [0.25, 0.3) is 11.0 Å². The summed E-state index contributed by atoms with van der Waals surface area (Å²) in [6.45, 7) is 0.458. The molecule has 1 unspecified atom stereocenters. The van der Waals surface area contributed by atoms with Crippen LogP contribution < -0.4 is 10.1 Å². The number of fused-ring (bicyclic) bond motifs is 2. The molecular weight excluding hydrogens is 438 g/mol. The zero-order valence-corrected chi connectivity index (χ0v) is 15.6. The van der Waals surface area contributed by atoms with Crippen molar-refractivity contribution in [1.82, 2.24) is 15.3 Å². The molecule has 0 saturated heterocycles. The maximum absolute atomic E-state index is 12.5. The smallest absolute Gasteiger partial charge is 0.253 e. The van der Waals surface area contributed by atoms with Crippen LogP contribution in [0.15, 0.2) is 45.6 Å². The van der Waals surface area contributed by atoms with Gasteiger partial charge in [-0.1, -0.05) is 15.9 Å². The number of aromatic amines is 1. The molecule has 7 heteroatoms. The topological polar surface area (TPSA) is 67.0 Å². The molecule has 0 spiro atoms. The maximum atomic E-state index is 12.5. The molecule has 1 aromatic carbocycles. The van der Waals surface area contributed by atoms with Gasteiger partial charge in [0, 0.05) is 33.1 Å². The molecule has 0 radical (unpaired) electrons. The largest absolute Gasteiger partial charge is 0.488 e. The number of ether oxygens (including phenoxy) is 1. The predicted molar refractivity (Wildman–Crippen MR) is 98.4 cm³/mol. The molecule has 3 heterocycles. The Balaban J connectivity index is 1.45. The van der Waals surface area contributed by atoms with Crippen LogP contribution in [0.5, 0.6) is 5.75 Å². The lowest BCUT2D eigenvalue weighted by Crippen LogP contribution is -2.34. The Morgan fingerprint density at radius 1 is 1.33 bits per heavy atom. The minimum absolute atomic E-state index is 0.0479. The van der Waals surface area contributed by atoms with Crippen molar-refractivity contribution in [3.63, 3.8) is 0 Å². The molecule has 0 aliphatic carbocycles. The van der Waals surface area contributed by atoms with Crippen LogP contribution in [0.3, 0.4) is 0 Å². The van der Waals surface area contributed by atoms with Crippen molar-refractivity contribution < 1.29 is 9.53 Å². The summed E-state index contributed by atoms with van der Waals surface area (Å²) >= 11 is 6.85. The van der Waals surface area contributed by atoms with Gasteiger partial charge in [0.25, 0.3) is 5.91 Å². The van der Waals surface area contributed by atoms with Crippen LogP contribution in [0, 0.1) is 0 Å². The maximum Gasteiger partial charge on any atom is 0.253 e. The second-order valence-corrected chi connectivity index (χ2v) is 7.49. The van der Waals surface area contributed by atoms with Gasteiger partial charge in [-0.05, 0) is 45.8 Å². The number of rotatable bonds is 3. The monoisotopic (exact) mass is 449 g/mol. The number of hydrogen-bond donors (Lipinski definition) is 2. The summed E-state index contributed by atoms with van der Waals surface area (Å²) in [5, 5.41) is 3.74. The molecule has 1 aliphatic rings. The van der Waals surface area contributed by atoms with Gasteiger partial charge in [-0.2, -0.15) is 0 Å². The second-order valence-electron chi connectivity index (χ2n) is 5.66. The third-order valence-corrected chi connectivity index (χ3v) is 4.92. The second kappa shape index (κ2) is 6.22. The number of halogens is 2. The van der Waals surface area contributed by atoms with E-state index >= 15 is 0 Å². The van der Waals surface area contributed by atoms with E-state index < -0.39 is 0 Å². The Labute approximate surface area is 155 Å². The number of aromatic nitrogens is 2. The van der Waals surface area contributed by atoms with Gasteiger partial charge in [-0.3, -0.25) is 4.79 Å². The van der Waals surface area contributed by atoms with Crippen LogP contribution >= 0.6 is 31.9 Å². The zero-order valence-electron chi connectivity index (χ0n) is 12.5. The Bertz CT molecular complexity index is 939. The van der Waals surface area contributed by atoms with Crippen LogP contribution in [0.2, 0.25) is 0 Å². The van der Waals surface area contributed by atoms with Gasteiger partial charge in [-0.15, -0.1) is 0 Å². The Hall–Kier alpha value is -1.86. The molecule has 2 aromatic heterocycles. The van der Waals surface area contributed by atoms with Gasteiger partial charge in [-0.25, -0.2) is 4.98 Å². The number of hydrogen-bond acceptors (Lipinski definition) is 3. The van der Waals surface area contributed by atoms with Crippen LogP contribution in [-0.2, 0) is 6.42 Å². The first-order chi connectivity index (χ1) is 11.6. The Morgan fingerprint density at radius 2 is 2.21 bits per heavy atom. The van der Waals surface area contributed by atoms with Gasteiger partial charge in [0.1, 0.15) is 17.5 Å². The SMILES string of the molecule is O=C(NCC1Cc2cc(Br)ccc2O1)c1c[nH]c2ncc(Br)cc12. The molecule has 0 saturated carbocycles. The molecule has 0 fully saturated rings. The highest BCUT2D eigenvalue weighted by molar-refractivity contribution is 9.10. The Morgan fingerprint density at radius 3 is 3.08 bits per heavy atom. The first-order valence-electron chi connectivity index (χ1n) is 7.46. The summed E-state index contributed by atoms with van der Waals surface area (Å²) < 4.78 is 7.74. The van der Waals surface area contributed by atoms with Crippen LogP contribution in [0.4, 0.5) is 0 Å². The quantitative estimate of drug-likeness (QED) is 0.637. The highest BCUT2D eigenvalue weighted by Crippen LogP contribution is 2.31. The third-order valence-electron chi connectivity index (χ3n) is 4.00. The third kappa shape index (κ3) is 2.93. The molecule has 3 aromatic rings. The van der Waals surface area contributed by atoms with Crippen molar-refractivity contribution in [3.05, 3.63) is 56.7 Å². The summed E-state index contributed by atoms with van der Waals surface area (Å²) in [5.74, 6) is 0.750. The summed E-state index contributed by atoms with van der Waals surface area (Å²) in [7, 11) is 0. The Kier molecular flexibility index (Phi) is 4.05. The van der Waals surface area contributed by atoms with Crippen molar-refractivity contribution in [2.24, 2.45) is 0 Å². The molecule has 1 atom stereocenters. The standard InChI is InChI=1S/C17H13Br2N3O2/c18-10-1-2-15-9(3-10)4-12(24-15)7-22-17(23)14-8-21-16-13(14)5-11(19)6-20-16/h1-3,5-6,8,12H,4,7H2,(H,20,21)(H,22,23). The number of pyridine rings is 1. The minimum atomic E-state index is -0.137. The van der Waals surface area contributed by atoms with Gasteiger partial charge in [0.15, 0.2) is 0 Å². The van der Waals surface area contributed by atoms with Crippen molar-refractivity contribution in [2.45, 2.75) is 12.5 Å². The van der Waals surface area contributed by atoms with E-state index in [1.54, 1.807) is 12.4 Å². The molecule has 1 amide bonds. The fourth-order valence-corrected chi connectivity index (χ4v) is 3.61. The van der Waals surface area contributed by atoms with E-state index in [9.17, 15) is 4.79 Å². The van der Waals surface area contributed by atoms with Gasteiger partial charge < -0.3 is 15.0 Å². The van der Waals surface area contributed by atoms with Gasteiger partial charge >= 0.3 is 0 Å². The lowest BCUT2D eigenvalue weighted by atomic mass is 10.1. The number of benzene rings is 1. The van der Waals surface area contributed by atoms with E-state index in [-0.39, 0.29) is 12.0 Å². The van der Waals surface area contributed by atoms with Gasteiger partial charge in [0.05, 0.1) is 12.1 Å². The van der Waals surface area contributed by atoms with E-state index in [4.69, 9.17) is 4.74 Å². The summed E-state index contributed by atoms with van der Waals surface area (Å²) in [6, 6.07) is 7.84. The number of carbonyl (C=O) groups is 1. The van der Waals surface area contributed by atoms with E-state index in [1.807, 2.05) is 18.2 Å². The number of H-pyrrole nitrogens is 1. The molecule has 122 valence electrons. The number of carbonyl (C=O) groups excluding carboxylic acids is 1. The fraction of sp³-hybridized carbons (Fsp3) is 0.176. The molecule has 2 N–H and O–H groups in total. The molecular formula is C17H13Br2N3O2. The minimum Gasteiger partial charge on any atom is -0.488 e. The van der Waals surface area contributed by atoms with Crippen LogP contribution in [0.1, 0.15) is 15.9 Å². The predicted octanol–water partition coefficient (Wildman–Crippen LogP) is 3.82. The lowest BCUT2D eigenvalue weighted by Gasteiger charge is -2.11. The van der Waals surface area contributed by atoms with Crippen LogP contribution in [-0.4, -0.2) is 28.5 Å². The highest BCUT2D eigenvalue weighted by atomic mass is 79.9. The van der Waals surface area contributed by atoms with Crippen molar-refractivity contribution in [3.8, 4) is 5.75 Å². The first kappa shape index (κ1) is 15.7. The number of amides is 1. The molecule has 1 aliphatic heterocycles. The van der Waals surface area contributed by atoms with E-state index in [2.05, 4.69) is 53.2 Å². The summed E-state index contributed by atoms with van der Waals surface area (Å²) in [6.07, 6.45) is 4.12. The normalized spacial score (nSPS) is 16.0. The zero-order chi connectivity index (χ0) is 16.7. The number of nitrogens with zero attached hydrogens (tertiary/aromatic N) is 1. The summed E-state index contributed by atoms with van der Waals surface area (Å²) in [4.78, 5) is 19.7. The highest BCUT2D eigenvalue weighted by Gasteiger charge is 2.24. The summed E-state index contributed by atoms with van der Waals surface area (Å²) in [5.41, 5.74) is 2.43. The van der Waals surface area contributed by atoms with Crippen molar-refractivity contribution >= 4 is 48.8 Å². The molecule has 5 nitrogen and oxygen atoms in total. The lowest BCUT2D eigenvalue weighted by molar-refractivity contribution is 0.0935. The van der Waals surface area contributed by atoms with E-state index in [0.29, 0.717) is 17.8 Å². The molecule has 4 rings (SSSR count). The van der Waals surface area contributed by atoms with Crippen molar-refractivity contribution in [1.29, 1.82) is 0 Å². The average Bonchev–Trinajstić information content (AvgIpc) is 3.15. The van der Waals surface area contributed by atoms with Gasteiger partial charge in [0.2, 0.25) is 0 Å².